The lowest BCUT2D eigenvalue weighted by Gasteiger charge is -2.13. The minimum absolute atomic E-state index is 0.0550. The molecule has 0 aliphatic rings. The molecule has 0 fully saturated rings. The fraction of sp³-hybridized carbons (Fsp3) is 1.00. The van der Waals surface area contributed by atoms with Gasteiger partial charge in [-0.1, -0.05) is 0 Å². The molecule has 1 atom stereocenters. The highest BCUT2D eigenvalue weighted by atomic mass is 32.2. The highest BCUT2D eigenvalue weighted by molar-refractivity contribution is 7.90. The van der Waals surface area contributed by atoms with Crippen LogP contribution >= 0.6 is 0 Å². The first-order valence-corrected chi connectivity index (χ1v) is 7.43. The summed E-state index contributed by atoms with van der Waals surface area (Å²) in [4.78, 5) is 2.15. The Balaban J connectivity index is 3.44. The summed E-state index contributed by atoms with van der Waals surface area (Å²) < 4.78 is 21.9. The van der Waals surface area contributed by atoms with Crippen LogP contribution in [0.25, 0.3) is 0 Å². The molecule has 1 unspecified atom stereocenters. The molecule has 0 aromatic rings. The molecular formula is C10H24N2O2S. The van der Waals surface area contributed by atoms with Crippen LogP contribution in [0.2, 0.25) is 0 Å². The molecular weight excluding hydrogens is 212 g/mol. The average molecular weight is 236 g/mol. The van der Waals surface area contributed by atoms with Crippen LogP contribution in [-0.4, -0.2) is 58.6 Å². The van der Waals surface area contributed by atoms with Crippen molar-refractivity contribution in [2.45, 2.75) is 25.8 Å². The van der Waals surface area contributed by atoms with Crippen molar-refractivity contribution in [3.63, 3.8) is 0 Å². The van der Waals surface area contributed by atoms with E-state index in [0.717, 1.165) is 25.9 Å². The molecule has 0 spiro atoms. The van der Waals surface area contributed by atoms with Gasteiger partial charge in [0.15, 0.2) is 0 Å². The van der Waals surface area contributed by atoms with Gasteiger partial charge in [0.1, 0.15) is 9.84 Å². The molecule has 0 heterocycles. The molecule has 0 saturated heterocycles. The summed E-state index contributed by atoms with van der Waals surface area (Å²) in [5, 5.41) is 3.22. The van der Waals surface area contributed by atoms with E-state index in [-0.39, 0.29) is 11.8 Å². The van der Waals surface area contributed by atoms with Crippen molar-refractivity contribution in [3.05, 3.63) is 0 Å². The smallest absolute Gasteiger partial charge is 0.148 e. The average Bonchev–Trinajstić information content (AvgIpc) is 1.99. The molecule has 5 heteroatoms. The quantitative estimate of drug-likeness (QED) is 0.618. The van der Waals surface area contributed by atoms with Gasteiger partial charge in [-0.3, -0.25) is 0 Å². The minimum Gasteiger partial charge on any atom is -0.313 e. The topological polar surface area (TPSA) is 49.4 Å². The van der Waals surface area contributed by atoms with E-state index in [1.165, 1.54) is 6.26 Å². The SMILES string of the molecule is CC(CS(C)(=O)=O)NCCCCN(C)C. The van der Waals surface area contributed by atoms with Crippen LogP contribution in [0.4, 0.5) is 0 Å². The molecule has 0 bridgehead atoms. The summed E-state index contributed by atoms with van der Waals surface area (Å²) in [6.45, 7) is 3.89. The molecule has 0 radical (unpaired) electrons. The number of rotatable bonds is 8. The third-order valence-electron chi connectivity index (χ3n) is 2.08. The van der Waals surface area contributed by atoms with Gasteiger partial charge in [-0.2, -0.15) is 0 Å². The largest absolute Gasteiger partial charge is 0.313 e. The van der Waals surface area contributed by atoms with E-state index < -0.39 is 9.84 Å². The highest BCUT2D eigenvalue weighted by Crippen LogP contribution is 1.93. The van der Waals surface area contributed by atoms with Crippen LogP contribution in [0.1, 0.15) is 19.8 Å². The molecule has 0 aromatic heterocycles. The van der Waals surface area contributed by atoms with Crippen LogP contribution in [0.15, 0.2) is 0 Å². The van der Waals surface area contributed by atoms with Crippen molar-refractivity contribution in [1.29, 1.82) is 0 Å². The molecule has 0 aliphatic carbocycles. The first kappa shape index (κ1) is 14.9. The van der Waals surface area contributed by atoms with E-state index in [1.54, 1.807) is 0 Å². The van der Waals surface area contributed by atoms with Crippen molar-refractivity contribution in [1.82, 2.24) is 10.2 Å². The van der Waals surface area contributed by atoms with E-state index in [0.29, 0.717) is 0 Å². The standard InChI is InChI=1S/C10H24N2O2S/c1-10(9-15(4,13)14)11-7-5-6-8-12(2)3/h10-11H,5-9H2,1-4H3. The molecule has 92 valence electrons. The lowest BCUT2D eigenvalue weighted by Crippen LogP contribution is -2.33. The number of nitrogens with zero attached hydrogens (tertiary/aromatic N) is 1. The Hall–Kier alpha value is -0.130. The van der Waals surface area contributed by atoms with Gasteiger partial charge in [-0.25, -0.2) is 8.42 Å². The predicted octanol–water partition coefficient (Wildman–Crippen LogP) is 0.351. The van der Waals surface area contributed by atoms with Gasteiger partial charge in [-0.15, -0.1) is 0 Å². The lowest BCUT2D eigenvalue weighted by atomic mass is 10.3. The molecule has 0 rings (SSSR count). The van der Waals surface area contributed by atoms with E-state index in [2.05, 4.69) is 24.3 Å². The van der Waals surface area contributed by atoms with Crippen molar-refractivity contribution >= 4 is 9.84 Å². The fourth-order valence-corrected chi connectivity index (χ4v) is 2.44. The van der Waals surface area contributed by atoms with Gasteiger partial charge in [0, 0.05) is 12.3 Å². The molecule has 0 aliphatic heterocycles. The summed E-state index contributed by atoms with van der Waals surface area (Å²) in [7, 11) is 1.26. The lowest BCUT2D eigenvalue weighted by molar-refractivity contribution is 0.389. The van der Waals surface area contributed by atoms with E-state index in [1.807, 2.05) is 6.92 Å². The Morgan fingerprint density at radius 3 is 2.33 bits per heavy atom. The van der Waals surface area contributed by atoms with Crippen molar-refractivity contribution in [3.8, 4) is 0 Å². The third-order valence-corrected chi connectivity index (χ3v) is 3.18. The van der Waals surface area contributed by atoms with Crippen LogP contribution < -0.4 is 5.32 Å². The van der Waals surface area contributed by atoms with Crippen LogP contribution in [0.5, 0.6) is 0 Å². The van der Waals surface area contributed by atoms with Gasteiger partial charge < -0.3 is 10.2 Å². The second-order valence-electron chi connectivity index (χ2n) is 4.46. The first-order valence-electron chi connectivity index (χ1n) is 5.37. The maximum absolute atomic E-state index is 11.0. The maximum Gasteiger partial charge on any atom is 0.148 e. The van der Waals surface area contributed by atoms with Crippen LogP contribution in [0, 0.1) is 0 Å². The summed E-state index contributed by atoms with van der Waals surface area (Å²) in [6, 6.07) is 0.0550. The number of nitrogens with one attached hydrogen (secondary N) is 1. The van der Waals surface area contributed by atoms with Gasteiger partial charge in [-0.05, 0) is 47.0 Å². The van der Waals surface area contributed by atoms with E-state index in [4.69, 9.17) is 0 Å². The van der Waals surface area contributed by atoms with Crippen LogP contribution in [0.3, 0.4) is 0 Å². The fourth-order valence-electron chi connectivity index (χ4n) is 1.41. The Bertz CT molecular complexity index is 250. The monoisotopic (exact) mass is 236 g/mol. The summed E-state index contributed by atoms with van der Waals surface area (Å²) in [5.74, 6) is 0.223. The van der Waals surface area contributed by atoms with Crippen LogP contribution in [-0.2, 0) is 9.84 Å². The molecule has 0 saturated carbocycles. The van der Waals surface area contributed by atoms with Gasteiger partial charge in [0.2, 0.25) is 0 Å². The minimum atomic E-state index is -2.85. The first-order chi connectivity index (χ1) is 6.81. The number of unbranched alkanes of at least 4 members (excludes halogenated alkanes) is 1. The number of hydrogen-bond donors (Lipinski definition) is 1. The molecule has 0 amide bonds. The Morgan fingerprint density at radius 2 is 1.87 bits per heavy atom. The van der Waals surface area contributed by atoms with Crippen molar-refractivity contribution < 1.29 is 8.42 Å². The molecule has 4 nitrogen and oxygen atoms in total. The zero-order valence-corrected chi connectivity index (χ0v) is 11.1. The predicted molar refractivity (Wildman–Crippen MR) is 65.0 cm³/mol. The zero-order chi connectivity index (χ0) is 11.9. The number of hydrogen-bond acceptors (Lipinski definition) is 4. The molecule has 0 aromatic carbocycles. The Labute approximate surface area is 94.0 Å². The van der Waals surface area contributed by atoms with Crippen molar-refractivity contribution in [2.24, 2.45) is 0 Å². The van der Waals surface area contributed by atoms with Crippen molar-refractivity contribution in [2.75, 3.05) is 39.2 Å². The maximum atomic E-state index is 11.0. The van der Waals surface area contributed by atoms with Gasteiger partial charge >= 0.3 is 0 Å². The summed E-state index contributed by atoms with van der Waals surface area (Å²) >= 11 is 0. The highest BCUT2D eigenvalue weighted by Gasteiger charge is 2.08. The summed E-state index contributed by atoms with van der Waals surface area (Å²) in [5.41, 5.74) is 0. The Kier molecular flexibility index (Phi) is 7.13. The second-order valence-corrected chi connectivity index (χ2v) is 6.64. The Morgan fingerprint density at radius 1 is 1.27 bits per heavy atom. The third kappa shape index (κ3) is 11.8. The van der Waals surface area contributed by atoms with E-state index in [9.17, 15) is 8.42 Å². The molecule has 1 N–H and O–H groups in total. The summed E-state index contributed by atoms with van der Waals surface area (Å²) in [6.07, 6.45) is 3.51. The zero-order valence-electron chi connectivity index (χ0n) is 10.3. The molecule has 15 heavy (non-hydrogen) atoms. The second kappa shape index (κ2) is 7.19. The number of sulfone groups is 1. The van der Waals surface area contributed by atoms with Gasteiger partial charge in [0.05, 0.1) is 5.75 Å². The van der Waals surface area contributed by atoms with Gasteiger partial charge in [0.25, 0.3) is 0 Å². The normalized spacial score (nSPS) is 14.5. The van der Waals surface area contributed by atoms with E-state index >= 15 is 0 Å².